The molecule has 0 amide bonds. The Labute approximate surface area is 133 Å². The van der Waals surface area contributed by atoms with E-state index >= 15 is 0 Å². The number of rotatable bonds is 6. The minimum atomic E-state index is -3.42. The molecule has 120 valence electrons. The lowest BCUT2D eigenvalue weighted by molar-refractivity contribution is 0.328. The van der Waals surface area contributed by atoms with Gasteiger partial charge in [-0.15, -0.1) is 12.4 Å². The molecule has 0 aliphatic carbocycles. The van der Waals surface area contributed by atoms with Crippen LogP contribution >= 0.6 is 12.4 Å². The monoisotopic (exact) mass is 333 g/mol. The average molecular weight is 334 g/mol. The molecule has 0 saturated carbocycles. The molecule has 1 aromatic rings. The highest BCUT2D eigenvalue weighted by Gasteiger charge is 2.36. The molecule has 1 heterocycles. The van der Waals surface area contributed by atoms with Crippen molar-refractivity contribution in [2.24, 2.45) is 5.73 Å². The van der Waals surface area contributed by atoms with Crippen LogP contribution in [0.4, 0.5) is 0 Å². The van der Waals surface area contributed by atoms with E-state index in [9.17, 15) is 8.42 Å². The summed E-state index contributed by atoms with van der Waals surface area (Å²) < 4.78 is 28.6. The highest BCUT2D eigenvalue weighted by Crippen LogP contribution is 2.23. The molecule has 1 aromatic carbocycles. The molecule has 21 heavy (non-hydrogen) atoms. The fraction of sp³-hybridized carbons (Fsp3) is 0.571. The molecule has 0 bridgehead atoms. The maximum absolute atomic E-state index is 12.7. The smallest absolute Gasteiger partial charge is 0.282 e. The van der Waals surface area contributed by atoms with Gasteiger partial charge < -0.3 is 5.73 Å². The molecule has 0 aromatic heterocycles. The first-order valence-electron chi connectivity index (χ1n) is 7.10. The lowest BCUT2D eigenvalue weighted by Gasteiger charge is -2.30. The number of hydrogen-bond acceptors (Lipinski definition) is 3. The SMILES string of the molecule is CCN(Cc1ccccc1)S(=O)(=O)N1CCCC1CN.Cl. The van der Waals surface area contributed by atoms with Gasteiger partial charge in [0.2, 0.25) is 0 Å². The van der Waals surface area contributed by atoms with Crippen molar-refractivity contribution >= 4 is 22.6 Å². The summed E-state index contributed by atoms with van der Waals surface area (Å²) in [6, 6.07) is 9.62. The molecule has 7 heteroatoms. The van der Waals surface area contributed by atoms with Gasteiger partial charge in [0.25, 0.3) is 10.2 Å². The van der Waals surface area contributed by atoms with Gasteiger partial charge in [0.15, 0.2) is 0 Å². The topological polar surface area (TPSA) is 66.6 Å². The standard InChI is InChI=1S/C14H23N3O2S.ClH/c1-2-16(12-13-7-4-3-5-8-13)20(18,19)17-10-6-9-14(17)11-15;/h3-5,7-8,14H,2,6,9-12,15H2,1H3;1H. The van der Waals surface area contributed by atoms with Crippen LogP contribution in [0.2, 0.25) is 0 Å². The summed E-state index contributed by atoms with van der Waals surface area (Å²) in [6.45, 7) is 3.71. The first kappa shape index (κ1) is 18.4. The minimum Gasteiger partial charge on any atom is -0.329 e. The number of hydrogen-bond donors (Lipinski definition) is 1. The summed E-state index contributed by atoms with van der Waals surface area (Å²) in [4.78, 5) is 0. The molecule has 2 rings (SSSR count). The first-order chi connectivity index (χ1) is 9.59. The first-order valence-corrected chi connectivity index (χ1v) is 8.50. The Morgan fingerprint density at radius 3 is 2.57 bits per heavy atom. The Kier molecular flexibility index (Phi) is 7.09. The zero-order chi connectivity index (χ0) is 14.6. The van der Waals surface area contributed by atoms with E-state index in [0.717, 1.165) is 18.4 Å². The van der Waals surface area contributed by atoms with Gasteiger partial charge in [0.1, 0.15) is 0 Å². The van der Waals surface area contributed by atoms with Gasteiger partial charge in [0, 0.05) is 32.2 Å². The molecule has 5 nitrogen and oxygen atoms in total. The molecule has 0 radical (unpaired) electrons. The summed E-state index contributed by atoms with van der Waals surface area (Å²) in [6.07, 6.45) is 1.75. The highest BCUT2D eigenvalue weighted by molar-refractivity contribution is 7.86. The molecule has 0 spiro atoms. The van der Waals surface area contributed by atoms with Crippen LogP contribution in [-0.2, 0) is 16.8 Å². The Bertz CT molecular complexity index is 524. The Morgan fingerprint density at radius 1 is 1.33 bits per heavy atom. The van der Waals surface area contributed by atoms with Crippen LogP contribution in [0.25, 0.3) is 0 Å². The second-order valence-corrected chi connectivity index (χ2v) is 6.94. The molecule has 1 aliphatic heterocycles. The third-order valence-electron chi connectivity index (χ3n) is 3.77. The van der Waals surface area contributed by atoms with E-state index in [2.05, 4.69) is 0 Å². The van der Waals surface area contributed by atoms with E-state index in [1.54, 1.807) is 4.31 Å². The molecule has 1 fully saturated rings. The van der Waals surface area contributed by atoms with E-state index < -0.39 is 10.2 Å². The van der Waals surface area contributed by atoms with E-state index in [4.69, 9.17) is 5.73 Å². The molecular formula is C14H24ClN3O2S. The summed E-state index contributed by atoms with van der Waals surface area (Å²) >= 11 is 0. The van der Waals surface area contributed by atoms with Gasteiger partial charge in [-0.2, -0.15) is 17.0 Å². The van der Waals surface area contributed by atoms with Crippen molar-refractivity contribution in [2.45, 2.75) is 32.4 Å². The van der Waals surface area contributed by atoms with Crippen molar-refractivity contribution in [1.29, 1.82) is 0 Å². The Hall–Kier alpha value is -0.660. The predicted octanol–water partition coefficient (Wildman–Crippen LogP) is 1.60. The van der Waals surface area contributed by atoms with Crippen LogP contribution in [-0.4, -0.2) is 42.7 Å². The van der Waals surface area contributed by atoms with Gasteiger partial charge in [-0.3, -0.25) is 0 Å². The molecule has 1 atom stereocenters. The van der Waals surface area contributed by atoms with Crippen molar-refractivity contribution in [2.75, 3.05) is 19.6 Å². The predicted molar refractivity (Wildman–Crippen MR) is 87.5 cm³/mol. The van der Waals surface area contributed by atoms with E-state index in [0.29, 0.717) is 26.2 Å². The average Bonchev–Trinajstić information content (AvgIpc) is 2.95. The fourth-order valence-electron chi connectivity index (χ4n) is 2.64. The van der Waals surface area contributed by atoms with Gasteiger partial charge in [0.05, 0.1) is 0 Å². The van der Waals surface area contributed by atoms with Gasteiger partial charge in [-0.1, -0.05) is 37.3 Å². The van der Waals surface area contributed by atoms with Crippen molar-refractivity contribution in [1.82, 2.24) is 8.61 Å². The Balaban J connectivity index is 0.00000220. The molecule has 1 aliphatic rings. The zero-order valence-corrected chi connectivity index (χ0v) is 13.9. The van der Waals surface area contributed by atoms with E-state index in [-0.39, 0.29) is 18.4 Å². The third-order valence-corrected chi connectivity index (χ3v) is 5.89. The van der Waals surface area contributed by atoms with Gasteiger partial charge in [-0.05, 0) is 18.4 Å². The van der Waals surface area contributed by atoms with Crippen molar-refractivity contribution in [3.8, 4) is 0 Å². The maximum atomic E-state index is 12.7. The second-order valence-electron chi connectivity index (χ2n) is 5.06. The van der Waals surface area contributed by atoms with Crippen LogP contribution in [0.15, 0.2) is 30.3 Å². The number of nitrogens with zero attached hydrogens (tertiary/aromatic N) is 2. The molecule has 2 N–H and O–H groups in total. The number of benzene rings is 1. The second kappa shape index (κ2) is 8.10. The molecule has 1 saturated heterocycles. The molecule has 1 unspecified atom stereocenters. The van der Waals surface area contributed by atoms with Crippen molar-refractivity contribution in [3.63, 3.8) is 0 Å². The minimum absolute atomic E-state index is 0. The van der Waals surface area contributed by atoms with Crippen molar-refractivity contribution < 1.29 is 8.42 Å². The number of halogens is 1. The maximum Gasteiger partial charge on any atom is 0.282 e. The normalized spacial score (nSPS) is 19.7. The summed E-state index contributed by atoms with van der Waals surface area (Å²) in [5, 5.41) is 0. The van der Waals surface area contributed by atoms with E-state index in [1.165, 1.54) is 4.31 Å². The lowest BCUT2D eigenvalue weighted by Crippen LogP contribution is -2.47. The quantitative estimate of drug-likeness (QED) is 0.859. The number of nitrogens with two attached hydrogens (primary N) is 1. The largest absolute Gasteiger partial charge is 0.329 e. The van der Waals surface area contributed by atoms with Crippen LogP contribution in [0.3, 0.4) is 0 Å². The third kappa shape index (κ3) is 4.17. The Morgan fingerprint density at radius 2 is 2.00 bits per heavy atom. The zero-order valence-electron chi connectivity index (χ0n) is 12.3. The van der Waals surface area contributed by atoms with Gasteiger partial charge in [-0.25, -0.2) is 0 Å². The fourth-order valence-corrected chi connectivity index (χ4v) is 4.50. The van der Waals surface area contributed by atoms with Crippen LogP contribution in [0.1, 0.15) is 25.3 Å². The highest BCUT2D eigenvalue weighted by atomic mass is 35.5. The van der Waals surface area contributed by atoms with E-state index in [1.807, 2.05) is 37.3 Å². The summed E-state index contributed by atoms with van der Waals surface area (Å²) in [5.74, 6) is 0. The lowest BCUT2D eigenvalue weighted by atomic mass is 10.2. The van der Waals surface area contributed by atoms with Crippen LogP contribution < -0.4 is 5.73 Å². The summed E-state index contributed by atoms with van der Waals surface area (Å²) in [5.41, 5.74) is 6.69. The molecular weight excluding hydrogens is 310 g/mol. The summed E-state index contributed by atoms with van der Waals surface area (Å²) in [7, 11) is -3.42. The van der Waals surface area contributed by atoms with Crippen LogP contribution in [0, 0.1) is 0 Å². The van der Waals surface area contributed by atoms with Crippen molar-refractivity contribution in [3.05, 3.63) is 35.9 Å². The van der Waals surface area contributed by atoms with Gasteiger partial charge >= 0.3 is 0 Å². The van der Waals surface area contributed by atoms with Crippen LogP contribution in [0.5, 0.6) is 0 Å².